The third-order valence-corrected chi connectivity index (χ3v) is 3.71. The molecule has 0 spiro atoms. The number of rotatable bonds is 5. The summed E-state index contributed by atoms with van der Waals surface area (Å²) in [6, 6.07) is -0.213. The largest absolute Gasteiger partial charge is 0.476 e. The van der Waals surface area contributed by atoms with Crippen LogP contribution in [0.15, 0.2) is 6.33 Å². The number of nitrogens with zero attached hydrogens (tertiary/aromatic N) is 4. The van der Waals surface area contributed by atoms with Crippen molar-refractivity contribution in [3.8, 4) is 0 Å². The molecule has 0 fully saturated rings. The zero-order valence-electron chi connectivity index (χ0n) is 11.1. The summed E-state index contributed by atoms with van der Waals surface area (Å²) in [7, 11) is 1.80. The predicted molar refractivity (Wildman–Crippen MR) is 72.1 cm³/mol. The summed E-state index contributed by atoms with van der Waals surface area (Å²) in [4.78, 5) is 26.5. The molecule has 2 rings (SSSR count). The minimum Gasteiger partial charge on any atom is -0.476 e. The molecule has 2 heterocycles. The monoisotopic (exact) mass is 295 g/mol. The number of aryl methyl sites for hydroxylation is 1. The Morgan fingerprint density at radius 1 is 1.50 bits per heavy atom. The van der Waals surface area contributed by atoms with Crippen LogP contribution in [0.1, 0.15) is 45.9 Å². The van der Waals surface area contributed by atoms with E-state index in [1.54, 1.807) is 17.9 Å². The first-order valence-corrected chi connectivity index (χ1v) is 6.57. The number of Topliss-reactive ketones (excluding diaryl/α,β-unsaturated/α-hetero) is 1. The molecule has 2 aromatic rings. The number of aromatic nitrogens is 4. The molecule has 2 aromatic heterocycles. The minimum absolute atomic E-state index is 0.130. The second-order valence-corrected chi connectivity index (χ2v) is 5.22. The average molecular weight is 295 g/mol. The van der Waals surface area contributed by atoms with Gasteiger partial charge < -0.3 is 15.0 Å². The van der Waals surface area contributed by atoms with E-state index in [0.717, 1.165) is 11.3 Å². The van der Waals surface area contributed by atoms with Gasteiger partial charge in [-0.1, -0.05) is 11.3 Å². The molecule has 0 saturated heterocycles. The smallest absolute Gasteiger partial charge is 0.356 e. The van der Waals surface area contributed by atoms with Crippen LogP contribution in [-0.4, -0.2) is 36.6 Å². The molecule has 20 heavy (non-hydrogen) atoms. The standard InChI is InChI=1S/C11H13N5O3S/c1-5(9-15-12-4-16(9)3)13-11-14-7(10(18)19)8(20-11)6(2)17/h4-5H,1-3H3,(H,13,14)(H,18,19). The van der Waals surface area contributed by atoms with E-state index in [1.807, 2.05) is 6.92 Å². The van der Waals surface area contributed by atoms with Crippen LogP contribution in [0.5, 0.6) is 0 Å². The highest BCUT2D eigenvalue weighted by molar-refractivity contribution is 7.17. The van der Waals surface area contributed by atoms with Gasteiger partial charge in [0, 0.05) is 14.0 Å². The summed E-state index contributed by atoms with van der Waals surface area (Å²) in [6.45, 7) is 3.16. The molecule has 9 heteroatoms. The van der Waals surface area contributed by atoms with Crippen molar-refractivity contribution >= 4 is 28.2 Å². The summed E-state index contributed by atoms with van der Waals surface area (Å²) in [5.41, 5.74) is -0.227. The number of hydrogen-bond acceptors (Lipinski definition) is 7. The number of anilines is 1. The van der Waals surface area contributed by atoms with Crippen molar-refractivity contribution in [1.29, 1.82) is 0 Å². The predicted octanol–water partition coefficient (Wildman–Crippen LogP) is 1.35. The van der Waals surface area contributed by atoms with Gasteiger partial charge in [0.05, 0.1) is 6.04 Å². The van der Waals surface area contributed by atoms with Crippen molar-refractivity contribution in [3.05, 3.63) is 22.7 Å². The Morgan fingerprint density at radius 3 is 2.65 bits per heavy atom. The number of aromatic carboxylic acids is 1. The first-order valence-electron chi connectivity index (χ1n) is 5.75. The molecule has 106 valence electrons. The average Bonchev–Trinajstić information content (AvgIpc) is 2.95. The lowest BCUT2D eigenvalue weighted by atomic mass is 10.3. The van der Waals surface area contributed by atoms with Crippen LogP contribution >= 0.6 is 11.3 Å². The Hall–Kier alpha value is -2.29. The quantitative estimate of drug-likeness (QED) is 0.801. The second kappa shape index (κ2) is 5.37. The molecule has 1 atom stereocenters. The number of nitrogens with one attached hydrogen (secondary N) is 1. The lowest BCUT2D eigenvalue weighted by Gasteiger charge is -2.11. The van der Waals surface area contributed by atoms with E-state index < -0.39 is 5.97 Å². The summed E-state index contributed by atoms with van der Waals surface area (Å²) in [5.74, 6) is -0.855. The molecule has 0 aliphatic rings. The molecule has 8 nitrogen and oxygen atoms in total. The van der Waals surface area contributed by atoms with E-state index in [0.29, 0.717) is 11.0 Å². The molecule has 0 bridgehead atoms. The molecule has 0 aromatic carbocycles. The van der Waals surface area contributed by atoms with E-state index in [-0.39, 0.29) is 22.4 Å². The fraction of sp³-hybridized carbons (Fsp3) is 0.364. The molecule has 2 N–H and O–H groups in total. The van der Waals surface area contributed by atoms with Crippen molar-refractivity contribution < 1.29 is 14.7 Å². The SMILES string of the molecule is CC(=O)c1sc(NC(C)c2nncn2C)nc1C(=O)O. The highest BCUT2D eigenvalue weighted by atomic mass is 32.1. The van der Waals surface area contributed by atoms with Crippen molar-refractivity contribution in [3.63, 3.8) is 0 Å². The van der Waals surface area contributed by atoms with Gasteiger partial charge in [-0.25, -0.2) is 9.78 Å². The Bertz CT molecular complexity index is 631. The highest BCUT2D eigenvalue weighted by Crippen LogP contribution is 2.26. The summed E-state index contributed by atoms with van der Waals surface area (Å²) in [5, 5.41) is 20.1. The first-order chi connectivity index (χ1) is 9.40. The minimum atomic E-state index is -1.22. The Morgan fingerprint density at radius 2 is 2.20 bits per heavy atom. The third kappa shape index (κ3) is 2.67. The number of carbonyl (C=O) groups excluding carboxylic acids is 1. The van der Waals surface area contributed by atoms with Crippen molar-refractivity contribution in [2.24, 2.45) is 7.05 Å². The number of thiazole rings is 1. The Balaban J connectivity index is 2.26. The molecule has 0 saturated carbocycles. The number of ketones is 1. The van der Waals surface area contributed by atoms with E-state index in [1.165, 1.54) is 6.92 Å². The lowest BCUT2D eigenvalue weighted by molar-refractivity contribution is 0.0687. The number of carboxylic acids is 1. The molecular weight excluding hydrogens is 282 g/mol. The van der Waals surface area contributed by atoms with Crippen LogP contribution in [0.2, 0.25) is 0 Å². The molecule has 0 aliphatic carbocycles. The van der Waals surface area contributed by atoms with Gasteiger partial charge in [0.1, 0.15) is 11.2 Å². The summed E-state index contributed by atoms with van der Waals surface area (Å²) >= 11 is 1.02. The second-order valence-electron chi connectivity index (χ2n) is 4.22. The van der Waals surface area contributed by atoms with Crippen LogP contribution < -0.4 is 5.32 Å². The van der Waals surface area contributed by atoms with Gasteiger partial charge in [-0.15, -0.1) is 10.2 Å². The van der Waals surface area contributed by atoms with Gasteiger partial charge in [0.2, 0.25) is 0 Å². The van der Waals surface area contributed by atoms with Gasteiger partial charge >= 0.3 is 5.97 Å². The van der Waals surface area contributed by atoms with Gasteiger partial charge in [0.15, 0.2) is 22.4 Å². The maximum absolute atomic E-state index is 11.4. The van der Waals surface area contributed by atoms with Crippen LogP contribution in [0.3, 0.4) is 0 Å². The molecule has 0 aliphatic heterocycles. The fourth-order valence-corrected chi connectivity index (χ4v) is 2.64. The molecule has 0 amide bonds. The normalized spacial score (nSPS) is 12.2. The van der Waals surface area contributed by atoms with E-state index in [4.69, 9.17) is 5.11 Å². The van der Waals surface area contributed by atoms with E-state index in [2.05, 4.69) is 20.5 Å². The van der Waals surface area contributed by atoms with Gasteiger partial charge in [-0.05, 0) is 6.92 Å². The molecule has 0 radical (unpaired) electrons. The maximum Gasteiger partial charge on any atom is 0.356 e. The molecule has 1 unspecified atom stereocenters. The number of carbonyl (C=O) groups is 2. The van der Waals surface area contributed by atoms with Crippen molar-refractivity contribution in [1.82, 2.24) is 19.7 Å². The van der Waals surface area contributed by atoms with Gasteiger partial charge in [-0.2, -0.15) is 0 Å². The Kier molecular flexibility index (Phi) is 3.79. The van der Waals surface area contributed by atoms with Crippen molar-refractivity contribution in [2.75, 3.05) is 5.32 Å². The van der Waals surface area contributed by atoms with Crippen molar-refractivity contribution in [2.45, 2.75) is 19.9 Å². The van der Waals surface area contributed by atoms with Crippen LogP contribution in [0, 0.1) is 0 Å². The van der Waals surface area contributed by atoms with E-state index >= 15 is 0 Å². The van der Waals surface area contributed by atoms with Crippen LogP contribution in [0.4, 0.5) is 5.13 Å². The Labute approximate surface area is 118 Å². The zero-order chi connectivity index (χ0) is 14.9. The van der Waals surface area contributed by atoms with E-state index in [9.17, 15) is 9.59 Å². The maximum atomic E-state index is 11.4. The van der Waals surface area contributed by atoms with Gasteiger partial charge in [-0.3, -0.25) is 4.79 Å². The lowest BCUT2D eigenvalue weighted by Crippen LogP contribution is -2.12. The van der Waals surface area contributed by atoms with Crippen LogP contribution in [0.25, 0.3) is 0 Å². The topological polar surface area (TPSA) is 110 Å². The zero-order valence-corrected chi connectivity index (χ0v) is 11.9. The first kappa shape index (κ1) is 14.1. The summed E-state index contributed by atoms with van der Waals surface area (Å²) in [6.07, 6.45) is 1.57. The fourth-order valence-electron chi connectivity index (χ4n) is 1.70. The molecular formula is C11H13N5O3S. The number of hydrogen-bond donors (Lipinski definition) is 2. The van der Waals surface area contributed by atoms with Gasteiger partial charge in [0.25, 0.3) is 0 Å². The van der Waals surface area contributed by atoms with Crippen LogP contribution in [-0.2, 0) is 7.05 Å². The summed E-state index contributed by atoms with van der Waals surface area (Å²) < 4.78 is 1.75. The highest BCUT2D eigenvalue weighted by Gasteiger charge is 2.22. The number of carboxylic acid groups (broad SMARTS) is 1. The third-order valence-electron chi connectivity index (χ3n) is 2.62.